The van der Waals surface area contributed by atoms with Crippen molar-refractivity contribution in [1.29, 1.82) is 0 Å². The number of carbonyl (C=O) groups excluding carboxylic acids is 2. The minimum atomic E-state index is -0.0339. The van der Waals surface area contributed by atoms with Crippen molar-refractivity contribution in [3.05, 3.63) is 41.5 Å². The maximum Gasteiger partial charge on any atom is 0.229 e. The standard InChI is InChI=1S/C23H25N5O2S/c1-16-24-22(21-18(15-31-23(21)25-16)17-5-3-2-4-6-17)27-12-9-26(10-13-27)11-14-28-19(29)7-8-20(28)30/h2-6,15H,7-14H2,1H3. The predicted octanol–water partition coefficient (Wildman–Crippen LogP) is 2.94. The first kappa shape index (κ1) is 20.1. The van der Waals surface area contributed by atoms with Gasteiger partial charge in [-0.05, 0) is 12.5 Å². The van der Waals surface area contributed by atoms with E-state index in [2.05, 4.69) is 44.4 Å². The molecule has 31 heavy (non-hydrogen) atoms. The van der Waals surface area contributed by atoms with Gasteiger partial charge in [-0.25, -0.2) is 9.97 Å². The Bertz CT molecular complexity index is 1110. The highest BCUT2D eigenvalue weighted by Gasteiger charge is 2.29. The molecule has 5 rings (SSSR count). The lowest BCUT2D eigenvalue weighted by Gasteiger charge is -2.36. The van der Waals surface area contributed by atoms with Crippen LogP contribution in [0.1, 0.15) is 18.7 Å². The van der Waals surface area contributed by atoms with E-state index >= 15 is 0 Å². The van der Waals surface area contributed by atoms with Crippen LogP contribution >= 0.6 is 11.3 Å². The largest absolute Gasteiger partial charge is 0.353 e. The van der Waals surface area contributed by atoms with Crippen molar-refractivity contribution in [1.82, 2.24) is 19.8 Å². The Hall–Kier alpha value is -2.84. The minimum Gasteiger partial charge on any atom is -0.353 e. The number of rotatable bonds is 5. The Balaban J connectivity index is 1.33. The van der Waals surface area contributed by atoms with Gasteiger partial charge in [-0.3, -0.25) is 19.4 Å². The number of benzene rings is 1. The molecule has 2 amide bonds. The number of hydrogen-bond donors (Lipinski definition) is 0. The number of nitrogens with zero attached hydrogens (tertiary/aromatic N) is 5. The van der Waals surface area contributed by atoms with Gasteiger partial charge < -0.3 is 4.90 Å². The topological polar surface area (TPSA) is 69.6 Å². The quantitative estimate of drug-likeness (QED) is 0.574. The first-order valence-electron chi connectivity index (χ1n) is 10.7. The maximum atomic E-state index is 11.8. The molecule has 0 aliphatic carbocycles. The van der Waals surface area contributed by atoms with Crippen molar-refractivity contribution in [2.75, 3.05) is 44.2 Å². The molecule has 160 valence electrons. The smallest absolute Gasteiger partial charge is 0.229 e. The second-order valence-corrected chi connectivity index (χ2v) is 8.92. The van der Waals surface area contributed by atoms with E-state index in [1.165, 1.54) is 16.0 Å². The van der Waals surface area contributed by atoms with Gasteiger partial charge in [0.05, 0.1) is 5.39 Å². The van der Waals surface area contributed by atoms with Crippen molar-refractivity contribution in [2.24, 2.45) is 0 Å². The summed E-state index contributed by atoms with van der Waals surface area (Å²) in [5, 5.41) is 3.31. The van der Waals surface area contributed by atoms with Gasteiger partial charge in [0.1, 0.15) is 16.5 Å². The van der Waals surface area contributed by atoms with Crippen molar-refractivity contribution in [2.45, 2.75) is 19.8 Å². The van der Waals surface area contributed by atoms with Crippen LogP contribution < -0.4 is 4.90 Å². The van der Waals surface area contributed by atoms with Crippen LogP contribution in [0.25, 0.3) is 21.3 Å². The summed E-state index contributed by atoms with van der Waals surface area (Å²) in [6.07, 6.45) is 0.722. The van der Waals surface area contributed by atoms with Crippen LogP contribution in [-0.4, -0.2) is 70.9 Å². The van der Waals surface area contributed by atoms with Gasteiger partial charge >= 0.3 is 0 Å². The Morgan fingerprint density at radius 2 is 1.65 bits per heavy atom. The van der Waals surface area contributed by atoms with E-state index in [0.717, 1.165) is 54.6 Å². The number of aryl methyl sites for hydroxylation is 1. The maximum absolute atomic E-state index is 11.8. The highest BCUT2D eigenvalue weighted by Crippen LogP contribution is 2.38. The Morgan fingerprint density at radius 1 is 0.935 bits per heavy atom. The summed E-state index contributed by atoms with van der Waals surface area (Å²) in [4.78, 5) is 40.3. The Labute approximate surface area is 185 Å². The molecule has 4 heterocycles. The molecule has 0 bridgehead atoms. The zero-order valence-electron chi connectivity index (χ0n) is 17.6. The molecule has 3 aromatic rings. The van der Waals surface area contributed by atoms with E-state index in [4.69, 9.17) is 4.98 Å². The summed E-state index contributed by atoms with van der Waals surface area (Å²) < 4.78 is 0. The van der Waals surface area contributed by atoms with Crippen molar-refractivity contribution in [3.63, 3.8) is 0 Å². The molecule has 0 atom stereocenters. The third kappa shape index (κ3) is 3.93. The highest BCUT2D eigenvalue weighted by molar-refractivity contribution is 7.17. The molecule has 0 radical (unpaired) electrons. The monoisotopic (exact) mass is 435 g/mol. The fraction of sp³-hybridized carbons (Fsp3) is 0.391. The molecule has 0 unspecified atom stereocenters. The molecule has 2 aliphatic rings. The number of hydrogen-bond acceptors (Lipinski definition) is 7. The predicted molar refractivity (Wildman–Crippen MR) is 122 cm³/mol. The Morgan fingerprint density at radius 3 is 2.35 bits per heavy atom. The third-order valence-electron chi connectivity index (χ3n) is 6.08. The van der Waals surface area contributed by atoms with Crippen molar-refractivity contribution < 1.29 is 9.59 Å². The summed E-state index contributed by atoms with van der Waals surface area (Å²) in [5.74, 6) is 1.73. The lowest BCUT2D eigenvalue weighted by molar-refractivity contribution is -0.138. The fourth-order valence-electron chi connectivity index (χ4n) is 4.38. The molecule has 0 N–H and O–H groups in total. The first-order valence-corrected chi connectivity index (χ1v) is 11.6. The van der Waals surface area contributed by atoms with E-state index in [0.29, 0.717) is 19.4 Å². The third-order valence-corrected chi connectivity index (χ3v) is 6.95. The van der Waals surface area contributed by atoms with Gasteiger partial charge in [0.25, 0.3) is 0 Å². The normalized spacial score (nSPS) is 17.8. The van der Waals surface area contributed by atoms with Crippen LogP contribution in [0.2, 0.25) is 0 Å². The minimum absolute atomic E-state index is 0.0339. The summed E-state index contributed by atoms with van der Waals surface area (Å²) in [6, 6.07) is 10.4. The zero-order chi connectivity index (χ0) is 21.4. The number of thiophene rings is 1. The molecular weight excluding hydrogens is 410 g/mol. The van der Waals surface area contributed by atoms with Gasteiger partial charge in [-0.15, -0.1) is 11.3 Å². The number of carbonyl (C=O) groups is 2. The summed E-state index contributed by atoms with van der Waals surface area (Å²) in [7, 11) is 0. The molecule has 8 heteroatoms. The molecule has 1 aromatic carbocycles. The van der Waals surface area contributed by atoms with Gasteiger partial charge in [0.15, 0.2) is 0 Å². The number of anilines is 1. The van der Waals surface area contributed by atoms with Gasteiger partial charge in [0, 0.05) is 63.1 Å². The van der Waals surface area contributed by atoms with Crippen LogP contribution in [-0.2, 0) is 9.59 Å². The molecule has 0 spiro atoms. The number of piperazine rings is 1. The average Bonchev–Trinajstić information content (AvgIpc) is 3.35. The van der Waals surface area contributed by atoms with E-state index in [1.807, 2.05) is 13.0 Å². The first-order chi connectivity index (χ1) is 15.1. The SMILES string of the molecule is Cc1nc(N2CCN(CCN3C(=O)CCC3=O)CC2)c2c(-c3ccccc3)csc2n1. The second-order valence-electron chi connectivity index (χ2n) is 8.06. The van der Waals surface area contributed by atoms with E-state index in [-0.39, 0.29) is 11.8 Å². The van der Waals surface area contributed by atoms with Crippen LogP contribution in [0.3, 0.4) is 0 Å². The average molecular weight is 436 g/mol. The van der Waals surface area contributed by atoms with Crippen LogP contribution in [0.5, 0.6) is 0 Å². The number of aromatic nitrogens is 2. The Kier molecular flexibility index (Phi) is 5.41. The van der Waals surface area contributed by atoms with Gasteiger partial charge in [-0.1, -0.05) is 30.3 Å². The van der Waals surface area contributed by atoms with Crippen LogP contribution in [0, 0.1) is 6.92 Å². The molecular formula is C23H25N5O2S. The van der Waals surface area contributed by atoms with Gasteiger partial charge in [-0.2, -0.15) is 0 Å². The molecule has 2 saturated heterocycles. The summed E-state index contributed by atoms with van der Waals surface area (Å²) in [6.45, 7) is 6.66. The van der Waals surface area contributed by atoms with Gasteiger partial charge in [0.2, 0.25) is 11.8 Å². The van der Waals surface area contributed by atoms with Crippen molar-refractivity contribution in [3.8, 4) is 11.1 Å². The fourth-order valence-corrected chi connectivity index (χ4v) is 5.37. The summed E-state index contributed by atoms with van der Waals surface area (Å²) >= 11 is 1.67. The lowest BCUT2D eigenvalue weighted by Crippen LogP contribution is -2.49. The number of likely N-dealkylation sites (tertiary alicyclic amines) is 1. The zero-order valence-corrected chi connectivity index (χ0v) is 18.4. The second kappa shape index (κ2) is 8.36. The molecule has 2 fully saturated rings. The highest BCUT2D eigenvalue weighted by atomic mass is 32.1. The van der Waals surface area contributed by atoms with E-state index in [1.54, 1.807) is 11.3 Å². The molecule has 2 aliphatic heterocycles. The van der Waals surface area contributed by atoms with Crippen LogP contribution in [0.4, 0.5) is 5.82 Å². The molecule has 2 aromatic heterocycles. The summed E-state index contributed by atoms with van der Waals surface area (Å²) in [5.41, 5.74) is 2.37. The van der Waals surface area contributed by atoms with E-state index in [9.17, 15) is 9.59 Å². The molecule has 7 nitrogen and oxygen atoms in total. The van der Waals surface area contributed by atoms with Crippen LogP contribution in [0.15, 0.2) is 35.7 Å². The van der Waals surface area contributed by atoms with Crippen molar-refractivity contribution >= 4 is 39.2 Å². The molecule has 0 saturated carbocycles. The van der Waals surface area contributed by atoms with E-state index < -0.39 is 0 Å². The number of imide groups is 1. The number of amides is 2. The lowest BCUT2D eigenvalue weighted by atomic mass is 10.1. The number of fused-ring (bicyclic) bond motifs is 1.